The minimum atomic E-state index is 0.145. The molecular formula is C13H14Br2N2O. The zero-order valence-electron chi connectivity index (χ0n) is 9.83. The van der Waals surface area contributed by atoms with Crippen LogP contribution in [0.3, 0.4) is 0 Å². The Morgan fingerprint density at radius 2 is 1.67 bits per heavy atom. The number of rotatable bonds is 1. The standard InChI is InChI=1S/C13H14Br2N2O/c14-11-1-8(2-12(15)3-11)13(18)17-6-9-4-16-5-10(9)7-17/h1-3,9-10,16H,4-7H2. The third-order valence-electron chi connectivity index (χ3n) is 3.79. The highest BCUT2D eigenvalue weighted by Gasteiger charge is 2.38. The van der Waals surface area contributed by atoms with Crippen molar-refractivity contribution in [3.63, 3.8) is 0 Å². The van der Waals surface area contributed by atoms with E-state index in [1.165, 1.54) is 0 Å². The molecule has 0 aromatic heterocycles. The predicted octanol–water partition coefficient (Wildman–Crippen LogP) is 2.50. The average molecular weight is 374 g/mol. The first-order chi connectivity index (χ1) is 8.63. The Balaban J connectivity index is 1.78. The van der Waals surface area contributed by atoms with Crippen LogP contribution in [0.2, 0.25) is 0 Å². The van der Waals surface area contributed by atoms with Crippen LogP contribution < -0.4 is 5.32 Å². The number of benzene rings is 1. The molecule has 0 aliphatic carbocycles. The van der Waals surface area contributed by atoms with Crippen LogP contribution in [-0.4, -0.2) is 37.0 Å². The van der Waals surface area contributed by atoms with Gasteiger partial charge in [0.25, 0.3) is 5.91 Å². The summed E-state index contributed by atoms with van der Waals surface area (Å²) in [5, 5.41) is 3.39. The monoisotopic (exact) mass is 372 g/mol. The summed E-state index contributed by atoms with van der Waals surface area (Å²) < 4.78 is 1.86. The van der Waals surface area contributed by atoms with Crippen LogP contribution in [-0.2, 0) is 0 Å². The Morgan fingerprint density at radius 1 is 1.11 bits per heavy atom. The van der Waals surface area contributed by atoms with E-state index in [0.717, 1.165) is 40.7 Å². The van der Waals surface area contributed by atoms with Crippen molar-refractivity contribution in [2.24, 2.45) is 11.8 Å². The fraction of sp³-hybridized carbons (Fsp3) is 0.462. The van der Waals surface area contributed by atoms with Crippen LogP contribution >= 0.6 is 31.9 Å². The summed E-state index contributed by atoms with van der Waals surface area (Å²) in [5.41, 5.74) is 0.754. The molecule has 2 fully saturated rings. The Morgan fingerprint density at radius 3 is 2.22 bits per heavy atom. The molecule has 5 heteroatoms. The minimum absolute atomic E-state index is 0.145. The van der Waals surface area contributed by atoms with Gasteiger partial charge in [0, 0.05) is 40.7 Å². The maximum Gasteiger partial charge on any atom is 0.253 e. The first kappa shape index (κ1) is 12.6. The summed E-state index contributed by atoms with van der Waals surface area (Å²) >= 11 is 6.86. The van der Waals surface area contributed by atoms with Crippen molar-refractivity contribution >= 4 is 37.8 Å². The molecule has 3 nitrogen and oxygen atoms in total. The first-order valence-corrected chi connectivity index (χ1v) is 7.68. The van der Waals surface area contributed by atoms with Crippen molar-refractivity contribution in [1.82, 2.24) is 10.2 Å². The summed E-state index contributed by atoms with van der Waals surface area (Å²) in [6, 6.07) is 5.72. The van der Waals surface area contributed by atoms with Gasteiger partial charge in [0.05, 0.1) is 0 Å². The highest BCUT2D eigenvalue weighted by Crippen LogP contribution is 2.28. The molecule has 0 bridgehead atoms. The van der Waals surface area contributed by atoms with Crippen LogP contribution in [0.1, 0.15) is 10.4 Å². The number of amides is 1. The van der Waals surface area contributed by atoms with Gasteiger partial charge in [-0.1, -0.05) is 31.9 Å². The number of nitrogens with zero attached hydrogens (tertiary/aromatic N) is 1. The van der Waals surface area contributed by atoms with Gasteiger partial charge in [-0.05, 0) is 30.0 Å². The lowest BCUT2D eigenvalue weighted by Gasteiger charge is -2.17. The van der Waals surface area contributed by atoms with E-state index in [-0.39, 0.29) is 5.91 Å². The number of likely N-dealkylation sites (tertiary alicyclic amines) is 1. The van der Waals surface area contributed by atoms with Crippen LogP contribution in [0.15, 0.2) is 27.1 Å². The molecular weight excluding hydrogens is 360 g/mol. The van der Waals surface area contributed by atoms with Crippen molar-refractivity contribution in [3.05, 3.63) is 32.7 Å². The molecule has 3 rings (SSSR count). The first-order valence-electron chi connectivity index (χ1n) is 6.09. The number of carbonyl (C=O) groups excluding carboxylic acids is 1. The van der Waals surface area contributed by atoms with Crippen LogP contribution in [0.25, 0.3) is 0 Å². The molecule has 0 spiro atoms. The zero-order chi connectivity index (χ0) is 12.7. The molecule has 18 heavy (non-hydrogen) atoms. The molecule has 2 heterocycles. The van der Waals surface area contributed by atoms with E-state index in [9.17, 15) is 4.79 Å². The van der Waals surface area contributed by atoms with Gasteiger partial charge in [-0.25, -0.2) is 0 Å². The van der Waals surface area contributed by atoms with Crippen LogP contribution in [0.4, 0.5) is 0 Å². The summed E-state index contributed by atoms with van der Waals surface area (Å²) in [6.07, 6.45) is 0. The van der Waals surface area contributed by atoms with Crippen LogP contribution in [0.5, 0.6) is 0 Å². The lowest BCUT2D eigenvalue weighted by atomic mass is 10.0. The van der Waals surface area contributed by atoms with E-state index < -0.39 is 0 Å². The van der Waals surface area contributed by atoms with Crippen molar-refractivity contribution < 1.29 is 4.79 Å². The second kappa shape index (κ2) is 4.94. The number of nitrogens with one attached hydrogen (secondary N) is 1. The predicted molar refractivity (Wildman–Crippen MR) is 77.6 cm³/mol. The van der Waals surface area contributed by atoms with Gasteiger partial charge in [0.1, 0.15) is 0 Å². The number of halogens is 2. The summed E-state index contributed by atoms with van der Waals surface area (Å²) in [5.74, 6) is 1.43. The normalized spacial score (nSPS) is 26.4. The van der Waals surface area contributed by atoms with E-state index >= 15 is 0 Å². The molecule has 1 N–H and O–H groups in total. The lowest BCUT2D eigenvalue weighted by molar-refractivity contribution is 0.0781. The second-order valence-corrected chi connectivity index (χ2v) is 6.88. The van der Waals surface area contributed by atoms with E-state index in [2.05, 4.69) is 37.2 Å². The van der Waals surface area contributed by atoms with Gasteiger partial charge in [0.2, 0.25) is 0 Å². The number of hydrogen-bond acceptors (Lipinski definition) is 2. The molecule has 1 aromatic carbocycles. The maximum atomic E-state index is 12.4. The van der Waals surface area contributed by atoms with Gasteiger partial charge in [-0.3, -0.25) is 4.79 Å². The Bertz CT molecular complexity index is 460. The second-order valence-electron chi connectivity index (χ2n) is 5.05. The highest BCUT2D eigenvalue weighted by molar-refractivity contribution is 9.11. The van der Waals surface area contributed by atoms with E-state index in [1.807, 2.05) is 23.1 Å². The smallest absolute Gasteiger partial charge is 0.253 e. The van der Waals surface area contributed by atoms with Crippen molar-refractivity contribution in [3.8, 4) is 0 Å². The maximum absolute atomic E-state index is 12.4. The fourth-order valence-corrected chi connectivity index (χ4v) is 4.17. The van der Waals surface area contributed by atoms with E-state index in [1.54, 1.807) is 0 Å². The molecule has 96 valence electrons. The molecule has 0 radical (unpaired) electrons. The summed E-state index contributed by atoms with van der Waals surface area (Å²) in [4.78, 5) is 14.4. The molecule has 1 amide bonds. The topological polar surface area (TPSA) is 32.3 Å². The third kappa shape index (κ3) is 2.36. The van der Waals surface area contributed by atoms with Gasteiger partial charge < -0.3 is 10.2 Å². The van der Waals surface area contributed by atoms with E-state index in [4.69, 9.17) is 0 Å². The van der Waals surface area contributed by atoms with E-state index in [0.29, 0.717) is 11.8 Å². The quantitative estimate of drug-likeness (QED) is 0.820. The van der Waals surface area contributed by atoms with Crippen molar-refractivity contribution in [2.45, 2.75) is 0 Å². The SMILES string of the molecule is O=C(c1cc(Br)cc(Br)c1)N1CC2CNCC2C1. The fourth-order valence-electron chi connectivity index (χ4n) is 2.88. The largest absolute Gasteiger partial charge is 0.338 e. The molecule has 2 aliphatic rings. The average Bonchev–Trinajstić information content (AvgIpc) is 2.86. The van der Waals surface area contributed by atoms with Gasteiger partial charge >= 0.3 is 0 Å². The molecule has 1 aromatic rings. The van der Waals surface area contributed by atoms with Crippen LogP contribution in [0, 0.1) is 11.8 Å². The Kier molecular flexibility index (Phi) is 3.47. The Labute approximate surface area is 123 Å². The minimum Gasteiger partial charge on any atom is -0.338 e. The molecule has 2 saturated heterocycles. The number of fused-ring (bicyclic) bond motifs is 1. The van der Waals surface area contributed by atoms with Gasteiger partial charge in [-0.2, -0.15) is 0 Å². The number of hydrogen-bond donors (Lipinski definition) is 1. The highest BCUT2D eigenvalue weighted by atomic mass is 79.9. The summed E-state index contributed by atoms with van der Waals surface area (Å²) in [7, 11) is 0. The Hall–Kier alpha value is -0.390. The number of carbonyl (C=O) groups is 1. The van der Waals surface area contributed by atoms with Gasteiger partial charge in [0.15, 0.2) is 0 Å². The zero-order valence-corrected chi connectivity index (χ0v) is 13.0. The lowest BCUT2D eigenvalue weighted by Crippen LogP contribution is -2.31. The molecule has 0 saturated carbocycles. The summed E-state index contributed by atoms with van der Waals surface area (Å²) in [6.45, 7) is 3.88. The van der Waals surface area contributed by atoms with Crippen molar-refractivity contribution in [2.75, 3.05) is 26.2 Å². The molecule has 2 unspecified atom stereocenters. The molecule has 2 aliphatic heterocycles. The van der Waals surface area contributed by atoms with Gasteiger partial charge in [-0.15, -0.1) is 0 Å². The third-order valence-corrected chi connectivity index (χ3v) is 4.70. The molecule has 2 atom stereocenters. The van der Waals surface area contributed by atoms with Crippen molar-refractivity contribution in [1.29, 1.82) is 0 Å².